The molecule has 0 fully saturated rings. The smallest absolute Gasteiger partial charge is 0.326 e. The lowest BCUT2D eigenvalue weighted by Crippen LogP contribution is -2.27. The highest BCUT2D eigenvalue weighted by Crippen LogP contribution is 2.11. The lowest BCUT2D eigenvalue weighted by Gasteiger charge is -2.05. The average Bonchev–Trinajstić information content (AvgIpc) is 2.69. The van der Waals surface area contributed by atoms with E-state index in [1.165, 1.54) is 4.57 Å². The molecule has 6 heteroatoms. The van der Waals surface area contributed by atoms with E-state index in [1.807, 2.05) is 6.92 Å². The van der Waals surface area contributed by atoms with E-state index in [4.69, 9.17) is 4.74 Å². The molecule has 0 aliphatic carbocycles. The van der Waals surface area contributed by atoms with Crippen molar-refractivity contribution in [2.45, 2.75) is 6.92 Å². The minimum atomic E-state index is -0.191. The van der Waals surface area contributed by atoms with Crippen molar-refractivity contribution in [3.8, 4) is 0 Å². The van der Waals surface area contributed by atoms with Crippen LogP contribution in [0.2, 0.25) is 0 Å². The third-order valence-corrected chi connectivity index (χ3v) is 2.90. The fraction of sp³-hybridized carbons (Fsp3) is 0.385. The van der Waals surface area contributed by atoms with Crippen molar-refractivity contribution < 1.29 is 9.53 Å². The molecule has 2 N–H and O–H groups in total. The van der Waals surface area contributed by atoms with Gasteiger partial charge in [-0.15, -0.1) is 0 Å². The molecule has 102 valence electrons. The van der Waals surface area contributed by atoms with Crippen molar-refractivity contribution in [1.82, 2.24) is 14.9 Å². The zero-order valence-electron chi connectivity index (χ0n) is 11.0. The standard InChI is InChI=1S/C13H17N3O3/c1-3-19-7-6-14-12(17)9-4-5-11-10(8-9)15-13(18)16(11)2/h4-5,8H,3,6-7H2,1-2H3,(H,14,17)(H,15,18). The van der Waals surface area contributed by atoms with E-state index < -0.39 is 0 Å². The Morgan fingerprint density at radius 2 is 2.26 bits per heavy atom. The number of H-pyrrole nitrogens is 1. The van der Waals surface area contributed by atoms with E-state index in [1.54, 1.807) is 25.2 Å². The number of fused-ring (bicyclic) bond motifs is 1. The number of aromatic amines is 1. The summed E-state index contributed by atoms with van der Waals surface area (Å²) in [6, 6.07) is 5.13. The number of ether oxygens (including phenoxy) is 1. The molecule has 2 rings (SSSR count). The zero-order chi connectivity index (χ0) is 13.8. The Kier molecular flexibility index (Phi) is 4.01. The second kappa shape index (κ2) is 5.71. The molecule has 0 bridgehead atoms. The van der Waals surface area contributed by atoms with Gasteiger partial charge in [-0.1, -0.05) is 0 Å². The maximum absolute atomic E-state index is 11.9. The maximum atomic E-state index is 11.9. The number of imidazole rings is 1. The summed E-state index contributed by atoms with van der Waals surface area (Å²) in [6.45, 7) is 3.50. The van der Waals surface area contributed by atoms with Crippen molar-refractivity contribution in [1.29, 1.82) is 0 Å². The predicted octanol–water partition coefficient (Wildman–Crippen LogP) is 0.633. The highest BCUT2D eigenvalue weighted by atomic mass is 16.5. The summed E-state index contributed by atoms with van der Waals surface area (Å²) < 4.78 is 6.65. The quantitative estimate of drug-likeness (QED) is 0.777. The third kappa shape index (κ3) is 2.85. The van der Waals surface area contributed by atoms with Crippen molar-refractivity contribution in [3.63, 3.8) is 0 Å². The number of nitrogens with zero attached hydrogens (tertiary/aromatic N) is 1. The van der Waals surface area contributed by atoms with Gasteiger partial charge in [0.25, 0.3) is 5.91 Å². The molecule has 1 amide bonds. The zero-order valence-corrected chi connectivity index (χ0v) is 11.0. The number of hydrogen-bond acceptors (Lipinski definition) is 3. The third-order valence-electron chi connectivity index (χ3n) is 2.90. The number of nitrogens with one attached hydrogen (secondary N) is 2. The summed E-state index contributed by atoms with van der Waals surface area (Å²) in [5, 5.41) is 2.76. The highest BCUT2D eigenvalue weighted by Gasteiger charge is 2.08. The largest absolute Gasteiger partial charge is 0.380 e. The van der Waals surface area contributed by atoms with Gasteiger partial charge in [-0.2, -0.15) is 0 Å². The summed E-state index contributed by atoms with van der Waals surface area (Å²) in [7, 11) is 1.68. The van der Waals surface area contributed by atoms with Crippen LogP contribution in [0.4, 0.5) is 0 Å². The number of hydrogen-bond donors (Lipinski definition) is 2. The van der Waals surface area contributed by atoms with Crippen LogP contribution in [0.15, 0.2) is 23.0 Å². The van der Waals surface area contributed by atoms with E-state index in [2.05, 4.69) is 10.3 Å². The first-order valence-corrected chi connectivity index (χ1v) is 6.18. The molecule has 1 aromatic carbocycles. The van der Waals surface area contributed by atoms with Gasteiger partial charge in [-0.05, 0) is 25.1 Å². The van der Waals surface area contributed by atoms with Gasteiger partial charge < -0.3 is 15.0 Å². The molecule has 0 saturated carbocycles. The molecule has 2 aromatic rings. The first-order valence-electron chi connectivity index (χ1n) is 6.18. The van der Waals surface area contributed by atoms with Crippen molar-refractivity contribution in [2.24, 2.45) is 7.05 Å². The Labute approximate surface area is 110 Å². The molecule has 0 spiro atoms. The maximum Gasteiger partial charge on any atom is 0.326 e. The van der Waals surface area contributed by atoms with Crippen LogP contribution in [-0.2, 0) is 11.8 Å². The van der Waals surface area contributed by atoms with E-state index in [0.29, 0.717) is 30.8 Å². The van der Waals surface area contributed by atoms with Gasteiger partial charge in [0.1, 0.15) is 0 Å². The van der Waals surface area contributed by atoms with Crippen LogP contribution < -0.4 is 11.0 Å². The highest BCUT2D eigenvalue weighted by molar-refractivity contribution is 5.97. The topological polar surface area (TPSA) is 76.1 Å². The molecular formula is C13H17N3O3. The summed E-state index contributed by atoms with van der Waals surface area (Å²) in [5.74, 6) is -0.175. The number of aromatic nitrogens is 2. The number of rotatable bonds is 5. The summed E-state index contributed by atoms with van der Waals surface area (Å²) >= 11 is 0. The van der Waals surface area contributed by atoms with E-state index in [0.717, 1.165) is 5.52 Å². The average molecular weight is 263 g/mol. The SMILES string of the molecule is CCOCCNC(=O)c1ccc2c(c1)[nH]c(=O)n2C. The molecule has 1 aromatic heterocycles. The van der Waals surface area contributed by atoms with Crippen molar-refractivity contribution >= 4 is 16.9 Å². The normalized spacial score (nSPS) is 10.8. The van der Waals surface area contributed by atoms with Gasteiger partial charge in [0.15, 0.2) is 0 Å². The molecular weight excluding hydrogens is 246 g/mol. The molecule has 0 radical (unpaired) electrons. The van der Waals surface area contributed by atoms with Crippen LogP contribution in [-0.4, -0.2) is 35.2 Å². The van der Waals surface area contributed by atoms with Crippen LogP contribution in [0, 0.1) is 0 Å². The first kappa shape index (κ1) is 13.4. The number of amides is 1. The van der Waals surface area contributed by atoms with E-state index in [9.17, 15) is 9.59 Å². The lowest BCUT2D eigenvalue weighted by molar-refractivity contribution is 0.0922. The molecule has 0 unspecified atom stereocenters. The van der Waals surface area contributed by atoms with Gasteiger partial charge in [-0.3, -0.25) is 9.36 Å². The van der Waals surface area contributed by atoms with Crippen LogP contribution in [0.3, 0.4) is 0 Å². The fourth-order valence-electron chi connectivity index (χ4n) is 1.86. The Balaban J connectivity index is 2.12. The summed E-state index contributed by atoms with van der Waals surface area (Å²) in [5.41, 5.74) is 1.76. The Morgan fingerprint density at radius 3 is 3.00 bits per heavy atom. The molecule has 6 nitrogen and oxygen atoms in total. The number of carbonyl (C=O) groups is 1. The van der Waals surface area contributed by atoms with Gasteiger partial charge in [0.05, 0.1) is 17.6 Å². The number of carbonyl (C=O) groups excluding carboxylic acids is 1. The van der Waals surface area contributed by atoms with Gasteiger partial charge in [0, 0.05) is 25.8 Å². The molecule has 0 aliphatic rings. The summed E-state index contributed by atoms with van der Waals surface area (Å²) in [4.78, 5) is 26.0. The van der Waals surface area contributed by atoms with Crippen LogP contribution >= 0.6 is 0 Å². The molecule has 0 saturated heterocycles. The molecule has 0 atom stereocenters. The monoisotopic (exact) mass is 263 g/mol. The Morgan fingerprint density at radius 1 is 1.47 bits per heavy atom. The number of benzene rings is 1. The van der Waals surface area contributed by atoms with Gasteiger partial charge in [0.2, 0.25) is 0 Å². The van der Waals surface area contributed by atoms with Crippen molar-refractivity contribution in [3.05, 3.63) is 34.2 Å². The Bertz CT molecular complexity index is 642. The molecule has 19 heavy (non-hydrogen) atoms. The first-order chi connectivity index (χ1) is 9.13. The Hall–Kier alpha value is -2.08. The lowest BCUT2D eigenvalue weighted by atomic mass is 10.2. The predicted molar refractivity (Wildman–Crippen MR) is 72.4 cm³/mol. The van der Waals surface area contributed by atoms with Crippen LogP contribution in [0.5, 0.6) is 0 Å². The van der Waals surface area contributed by atoms with Crippen LogP contribution in [0.1, 0.15) is 17.3 Å². The number of aryl methyl sites for hydroxylation is 1. The van der Waals surface area contributed by atoms with E-state index >= 15 is 0 Å². The minimum Gasteiger partial charge on any atom is -0.380 e. The minimum absolute atomic E-state index is 0.175. The molecule has 0 aliphatic heterocycles. The molecule has 1 heterocycles. The second-order valence-corrected chi connectivity index (χ2v) is 4.17. The second-order valence-electron chi connectivity index (χ2n) is 4.17. The van der Waals surface area contributed by atoms with Crippen molar-refractivity contribution in [2.75, 3.05) is 19.8 Å². The fourth-order valence-corrected chi connectivity index (χ4v) is 1.86. The van der Waals surface area contributed by atoms with Gasteiger partial charge in [-0.25, -0.2) is 4.79 Å². The van der Waals surface area contributed by atoms with Gasteiger partial charge >= 0.3 is 5.69 Å². The van der Waals surface area contributed by atoms with Crippen LogP contribution in [0.25, 0.3) is 11.0 Å². The summed E-state index contributed by atoms with van der Waals surface area (Å²) in [6.07, 6.45) is 0. The van der Waals surface area contributed by atoms with E-state index in [-0.39, 0.29) is 11.6 Å².